The number of carboxylic acid groups (broad SMARTS) is 1. The van der Waals surface area contributed by atoms with Crippen LogP contribution in [-0.4, -0.2) is 52.6 Å². The van der Waals surface area contributed by atoms with Crippen LogP contribution in [0.15, 0.2) is 54.6 Å². The highest BCUT2D eigenvalue weighted by Gasteiger charge is 2.33. The SMILES string of the molecule is CN(C)C(=O)CC[C@@H](Cc1ccc(-c2ccccc2)cc1)N(C(=O)O)C(C)(C)C. The zero-order valence-corrected chi connectivity index (χ0v) is 18.1. The van der Waals surface area contributed by atoms with Gasteiger partial charge in [-0.1, -0.05) is 54.6 Å². The highest BCUT2D eigenvalue weighted by atomic mass is 16.4. The van der Waals surface area contributed by atoms with Gasteiger partial charge in [0, 0.05) is 32.1 Å². The van der Waals surface area contributed by atoms with Crippen molar-refractivity contribution in [3.8, 4) is 11.1 Å². The van der Waals surface area contributed by atoms with E-state index in [0.29, 0.717) is 19.3 Å². The lowest BCUT2D eigenvalue weighted by Gasteiger charge is -2.40. The molecule has 29 heavy (non-hydrogen) atoms. The zero-order valence-electron chi connectivity index (χ0n) is 18.1. The quantitative estimate of drug-likeness (QED) is 0.723. The number of carbonyl (C=O) groups is 2. The van der Waals surface area contributed by atoms with Gasteiger partial charge in [-0.05, 0) is 50.3 Å². The summed E-state index contributed by atoms with van der Waals surface area (Å²) in [6.07, 6.45) is 0.417. The molecule has 0 saturated carbocycles. The van der Waals surface area contributed by atoms with E-state index in [1.54, 1.807) is 19.0 Å². The van der Waals surface area contributed by atoms with Gasteiger partial charge in [-0.2, -0.15) is 0 Å². The molecule has 5 heteroatoms. The molecule has 1 N–H and O–H groups in total. The molecule has 2 aromatic rings. The van der Waals surface area contributed by atoms with Crippen molar-refractivity contribution in [2.45, 2.75) is 51.6 Å². The lowest BCUT2D eigenvalue weighted by molar-refractivity contribution is -0.129. The van der Waals surface area contributed by atoms with Crippen LogP contribution >= 0.6 is 0 Å². The molecule has 0 saturated heterocycles. The molecule has 0 radical (unpaired) electrons. The first-order valence-corrected chi connectivity index (χ1v) is 9.96. The first-order chi connectivity index (χ1) is 13.6. The molecule has 2 rings (SSSR count). The van der Waals surface area contributed by atoms with E-state index in [4.69, 9.17) is 0 Å². The number of hydrogen-bond donors (Lipinski definition) is 1. The minimum atomic E-state index is -0.958. The Morgan fingerprint density at radius 3 is 1.97 bits per heavy atom. The average molecular weight is 397 g/mol. The smallest absolute Gasteiger partial charge is 0.407 e. The summed E-state index contributed by atoms with van der Waals surface area (Å²) in [5, 5.41) is 9.86. The molecule has 2 aromatic carbocycles. The van der Waals surface area contributed by atoms with Crippen LogP contribution in [0.4, 0.5) is 4.79 Å². The largest absolute Gasteiger partial charge is 0.465 e. The van der Waals surface area contributed by atoms with Crippen molar-refractivity contribution in [1.82, 2.24) is 9.80 Å². The van der Waals surface area contributed by atoms with E-state index in [9.17, 15) is 14.7 Å². The van der Waals surface area contributed by atoms with Gasteiger partial charge >= 0.3 is 6.09 Å². The summed E-state index contributed by atoms with van der Waals surface area (Å²) in [6.45, 7) is 5.67. The summed E-state index contributed by atoms with van der Waals surface area (Å²) < 4.78 is 0. The number of carbonyl (C=O) groups excluding carboxylic acids is 1. The van der Waals surface area contributed by atoms with E-state index in [0.717, 1.165) is 16.7 Å². The second-order valence-corrected chi connectivity index (χ2v) is 8.57. The maximum Gasteiger partial charge on any atom is 0.407 e. The Morgan fingerprint density at radius 1 is 0.931 bits per heavy atom. The molecular weight excluding hydrogens is 364 g/mol. The average Bonchev–Trinajstić information content (AvgIpc) is 2.65. The zero-order chi connectivity index (χ0) is 21.6. The molecule has 0 spiro atoms. The van der Waals surface area contributed by atoms with Gasteiger partial charge in [0.2, 0.25) is 5.91 Å². The van der Waals surface area contributed by atoms with Crippen LogP contribution in [0.25, 0.3) is 11.1 Å². The van der Waals surface area contributed by atoms with Crippen LogP contribution in [0, 0.1) is 0 Å². The van der Waals surface area contributed by atoms with Crippen LogP contribution in [0.3, 0.4) is 0 Å². The van der Waals surface area contributed by atoms with Crippen molar-refractivity contribution in [2.24, 2.45) is 0 Å². The summed E-state index contributed by atoms with van der Waals surface area (Å²) in [6, 6.07) is 18.1. The number of hydrogen-bond acceptors (Lipinski definition) is 2. The van der Waals surface area contributed by atoms with Gasteiger partial charge in [0.25, 0.3) is 0 Å². The molecule has 0 unspecified atom stereocenters. The molecule has 0 heterocycles. The highest BCUT2D eigenvalue weighted by Crippen LogP contribution is 2.25. The Kier molecular flexibility index (Phi) is 7.43. The molecular formula is C24H32N2O3. The molecule has 5 nitrogen and oxygen atoms in total. The van der Waals surface area contributed by atoms with E-state index in [-0.39, 0.29) is 11.9 Å². The third-order valence-corrected chi connectivity index (χ3v) is 5.02. The van der Waals surface area contributed by atoms with Crippen LogP contribution in [-0.2, 0) is 11.2 Å². The topological polar surface area (TPSA) is 60.9 Å². The Bertz CT molecular complexity index is 808. The summed E-state index contributed by atoms with van der Waals surface area (Å²) in [5.41, 5.74) is 2.78. The van der Waals surface area contributed by atoms with Gasteiger partial charge in [0.1, 0.15) is 0 Å². The van der Waals surface area contributed by atoms with E-state index in [1.165, 1.54) is 4.90 Å². The Balaban J connectivity index is 2.24. The van der Waals surface area contributed by atoms with Crippen LogP contribution < -0.4 is 0 Å². The molecule has 0 aliphatic carbocycles. The molecule has 2 amide bonds. The fourth-order valence-electron chi connectivity index (χ4n) is 3.56. The van der Waals surface area contributed by atoms with Crippen molar-refractivity contribution in [2.75, 3.05) is 14.1 Å². The molecule has 0 aliphatic rings. The van der Waals surface area contributed by atoms with Crippen molar-refractivity contribution in [3.63, 3.8) is 0 Å². The standard InChI is InChI=1S/C24H32N2O3/c1-24(2,3)26(23(28)29)21(15-16-22(27)25(4)5)17-18-11-13-20(14-12-18)19-9-7-6-8-10-19/h6-14,21H,15-17H2,1-5H3,(H,28,29)/t21-/m0/s1. The highest BCUT2D eigenvalue weighted by molar-refractivity contribution is 5.75. The summed E-state index contributed by atoms with van der Waals surface area (Å²) in [4.78, 5) is 27.2. The molecule has 0 aliphatic heterocycles. The number of nitrogens with zero attached hydrogens (tertiary/aromatic N) is 2. The van der Waals surface area contributed by atoms with Gasteiger partial charge in [0.05, 0.1) is 0 Å². The minimum absolute atomic E-state index is 0.00803. The van der Waals surface area contributed by atoms with Crippen LogP contribution in [0.5, 0.6) is 0 Å². The Morgan fingerprint density at radius 2 is 1.48 bits per heavy atom. The predicted molar refractivity (Wildman–Crippen MR) is 117 cm³/mol. The van der Waals surface area contributed by atoms with Gasteiger partial charge in [-0.15, -0.1) is 0 Å². The third kappa shape index (κ3) is 6.34. The maximum absolute atomic E-state index is 12.1. The first kappa shape index (κ1) is 22.5. The molecule has 0 aromatic heterocycles. The van der Waals surface area contributed by atoms with Crippen LogP contribution in [0.2, 0.25) is 0 Å². The van der Waals surface area contributed by atoms with Gasteiger partial charge in [0.15, 0.2) is 0 Å². The lowest BCUT2D eigenvalue weighted by Crippen LogP contribution is -2.52. The van der Waals surface area contributed by atoms with E-state index >= 15 is 0 Å². The maximum atomic E-state index is 12.1. The number of benzene rings is 2. The molecule has 1 atom stereocenters. The molecule has 0 fully saturated rings. The van der Waals surface area contributed by atoms with E-state index in [1.807, 2.05) is 51.1 Å². The fourth-order valence-corrected chi connectivity index (χ4v) is 3.56. The normalized spacial score (nSPS) is 12.3. The van der Waals surface area contributed by atoms with E-state index in [2.05, 4.69) is 24.3 Å². The summed E-state index contributed by atoms with van der Waals surface area (Å²) in [7, 11) is 3.44. The lowest BCUT2D eigenvalue weighted by atomic mass is 9.94. The monoisotopic (exact) mass is 396 g/mol. The second-order valence-electron chi connectivity index (χ2n) is 8.57. The first-order valence-electron chi connectivity index (χ1n) is 9.96. The Hall–Kier alpha value is -2.82. The van der Waals surface area contributed by atoms with Crippen LogP contribution in [0.1, 0.15) is 39.2 Å². The van der Waals surface area contributed by atoms with Crippen molar-refractivity contribution in [3.05, 3.63) is 60.2 Å². The minimum Gasteiger partial charge on any atom is -0.465 e. The van der Waals surface area contributed by atoms with Crippen molar-refractivity contribution < 1.29 is 14.7 Å². The molecule has 156 valence electrons. The molecule has 0 bridgehead atoms. The fraction of sp³-hybridized carbons (Fsp3) is 0.417. The third-order valence-electron chi connectivity index (χ3n) is 5.02. The van der Waals surface area contributed by atoms with Crippen molar-refractivity contribution >= 4 is 12.0 Å². The van der Waals surface area contributed by atoms with Gasteiger partial charge in [-0.25, -0.2) is 4.79 Å². The summed E-state index contributed by atoms with van der Waals surface area (Å²) >= 11 is 0. The number of amides is 2. The second kappa shape index (κ2) is 9.59. The summed E-state index contributed by atoms with van der Waals surface area (Å²) in [5.74, 6) is 0.00803. The van der Waals surface area contributed by atoms with Gasteiger partial charge < -0.3 is 14.9 Å². The number of rotatable bonds is 7. The van der Waals surface area contributed by atoms with E-state index < -0.39 is 11.6 Å². The Labute approximate surface area is 174 Å². The van der Waals surface area contributed by atoms with Crippen molar-refractivity contribution in [1.29, 1.82) is 0 Å². The predicted octanol–water partition coefficient (Wildman–Crippen LogP) is 4.91. The van der Waals surface area contributed by atoms with Gasteiger partial charge in [-0.3, -0.25) is 4.79 Å².